The van der Waals surface area contributed by atoms with Crippen LogP contribution in [0.5, 0.6) is 5.75 Å². The van der Waals surface area contributed by atoms with Crippen LogP contribution in [0.25, 0.3) is 0 Å². The highest BCUT2D eigenvalue weighted by Crippen LogP contribution is 2.30. The maximum absolute atomic E-state index is 14.0. The second-order valence-corrected chi connectivity index (χ2v) is 5.06. The minimum atomic E-state index is -0.230. The summed E-state index contributed by atoms with van der Waals surface area (Å²) in [5.41, 5.74) is 0.590. The number of nitrogens with one attached hydrogen (secondary N) is 1. The van der Waals surface area contributed by atoms with Gasteiger partial charge < -0.3 is 14.8 Å². The first-order valence-electron chi connectivity index (χ1n) is 6.78. The highest BCUT2D eigenvalue weighted by molar-refractivity contribution is 5.37. The smallest absolute Gasteiger partial charge is 0.131 e. The Kier molecular flexibility index (Phi) is 4.77. The summed E-state index contributed by atoms with van der Waals surface area (Å²) in [7, 11) is 3.30. The first-order chi connectivity index (χ1) is 9.17. The third kappa shape index (κ3) is 3.07. The number of benzene rings is 1. The minimum Gasteiger partial charge on any atom is -0.496 e. The highest BCUT2D eigenvalue weighted by atomic mass is 19.1. The normalized spacial score (nSPS) is 24.4. The van der Waals surface area contributed by atoms with Crippen LogP contribution in [0.15, 0.2) is 18.2 Å². The van der Waals surface area contributed by atoms with E-state index in [1.54, 1.807) is 26.4 Å². The van der Waals surface area contributed by atoms with Crippen LogP contribution in [-0.2, 0) is 4.74 Å². The molecule has 0 aliphatic heterocycles. The molecule has 3 unspecified atom stereocenters. The molecule has 1 aliphatic carbocycles. The largest absolute Gasteiger partial charge is 0.496 e. The van der Waals surface area contributed by atoms with Gasteiger partial charge in [0.05, 0.1) is 13.2 Å². The van der Waals surface area contributed by atoms with Crippen LogP contribution in [0.3, 0.4) is 0 Å². The number of hydrogen-bond acceptors (Lipinski definition) is 3. The Morgan fingerprint density at radius 2 is 2.11 bits per heavy atom. The molecule has 106 valence electrons. The lowest BCUT2D eigenvalue weighted by molar-refractivity contribution is 0.0817. The first-order valence-corrected chi connectivity index (χ1v) is 6.78. The van der Waals surface area contributed by atoms with Crippen molar-refractivity contribution in [3.63, 3.8) is 0 Å². The van der Waals surface area contributed by atoms with Crippen LogP contribution >= 0.6 is 0 Å². The molecule has 2 rings (SSSR count). The van der Waals surface area contributed by atoms with Gasteiger partial charge in [0, 0.05) is 24.8 Å². The summed E-state index contributed by atoms with van der Waals surface area (Å²) in [5.74, 6) is 0.360. The van der Waals surface area contributed by atoms with Crippen molar-refractivity contribution in [1.82, 2.24) is 5.32 Å². The van der Waals surface area contributed by atoms with E-state index >= 15 is 0 Å². The molecule has 0 heterocycles. The van der Waals surface area contributed by atoms with Crippen molar-refractivity contribution in [3.05, 3.63) is 29.6 Å². The summed E-state index contributed by atoms with van der Waals surface area (Å²) in [4.78, 5) is 0. The Labute approximate surface area is 114 Å². The van der Waals surface area contributed by atoms with Crippen LogP contribution < -0.4 is 10.1 Å². The van der Waals surface area contributed by atoms with E-state index in [0.29, 0.717) is 11.3 Å². The van der Waals surface area contributed by atoms with Gasteiger partial charge in [-0.15, -0.1) is 0 Å². The van der Waals surface area contributed by atoms with E-state index in [2.05, 4.69) is 5.32 Å². The Hall–Kier alpha value is -1.13. The molecule has 1 aromatic carbocycles. The molecule has 0 aromatic heterocycles. The van der Waals surface area contributed by atoms with Crippen LogP contribution in [0.2, 0.25) is 0 Å². The maximum atomic E-state index is 14.0. The summed E-state index contributed by atoms with van der Waals surface area (Å²) in [6, 6.07) is 5.11. The predicted molar refractivity (Wildman–Crippen MR) is 72.9 cm³/mol. The molecule has 1 N–H and O–H groups in total. The Bertz CT molecular complexity index is 425. The molecule has 3 nitrogen and oxygen atoms in total. The zero-order chi connectivity index (χ0) is 13.8. The summed E-state index contributed by atoms with van der Waals surface area (Å²) in [6.45, 7) is 1.96. The first kappa shape index (κ1) is 14.3. The lowest BCUT2D eigenvalue weighted by Crippen LogP contribution is -2.38. The summed E-state index contributed by atoms with van der Waals surface area (Å²) in [5, 5.41) is 3.47. The van der Waals surface area contributed by atoms with Crippen molar-refractivity contribution in [2.24, 2.45) is 0 Å². The molecule has 19 heavy (non-hydrogen) atoms. The van der Waals surface area contributed by atoms with Gasteiger partial charge in [-0.05, 0) is 38.3 Å². The number of ether oxygens (including phenoxy) is 2. The van der Waals surface area contributed by atoms with Crippen molar-refractivity contribution in [2.75, 3.05) is 14.2 Å². The van der Waals surface area contributed by atoms with Gasteiger partial charge >= 0.3 is 0 Å². The van der Waals surface area contributed by atoms with Crippen LogP contribution in [0.1, 0.15) is 37.8 Å². The van der Waals surface area contributed by atoms with Gasteiger partial charge in [0.1, 0.15) is 11.6 Å². The fourth-order valence-electron chi connectivity index (χ4n) is 2.92. The quantitative estimate of drug-likeness (QED) is 0.889. The molecule has 0 spiro atoms. The second kappa shape index (κ2) is 6.35. The molecule has 0 radical (unpaired) electrons. The fraction of sp³-hybridized carbons (Fsp3) is 0.600. The predicted octanol–water partition coefficient (Wildman–Crippen LogP) is 3.05. The van der Waals surface area contributed by atoms with Crippen LogP contribution in [0.4, 0.5) is 4.39 Å². The molecular formula is C15H22FNO2. The topological polar surface area (TPSA) is 30.5 Å². The van der Waals surface area contributed by atoms with Crippen molar-refractivity contribution in [3.8, 4) is 5.75 Å². The summed E-state index contributed by atoms with van der Waals surface area (Å²) < 4.78 is 24.7. The Morgan fingerprint density at radius 3 is 2.79 bits per heavy atom. The van der Waals surface area contributed by atoms with E-state index in [1.807, 2.05) is 6.92 Å². The molecule has 0 amide bonds. The maximum Gasteiger partial charge on any atom is 0.131 e. The van der Waals surface area contributed by atoms with E-state index in [9.17, 15) is 4.39 Å². The van der Waals surface area contributed by atoms with Crippen LogP contribution in [0, 0.1) is 5.82 Å². The van der Waals surface area contributed by atoms with Gasteiger partial charge in [0.25, 0.3) is 0 Å². The molecule has 0 bridgehead atoms. The third-order valence-corrected chi connectivity index (χ3v) is 3.89. The minimum absolute atomic E-state index is 0.100. The molecule has 1 aliphatic rings. The van der Waals surface area contributed by atoms with E-state index in [0.717, 1.165) is 19.3 Å². The van der Waals surface area contributed by atoms with E-state index in [4.69, 9.17) is 9.47 Å². The van der Waals surface area contributed by atoms with E-state index in [1.165, 1.54) is 6.07 Å². The molecule has 1 saturated carbocycles. The molecule has 3 atom stereocenters. The second-order valence-electron chi connectivity index (χ2n) is 5.06. The average Bonchev–Trinajstić information content (AvgIpc) is 2.85. The third-order valence-electron chi connectivity index (χ3n) is 3.89. The van der Waals surface area contributed by atoms with E-state index in [-0.39, 0.29) is 24.0 Å². The molecule has 0 saturated heterocycles. The number of halogens is 1. The zero-order valence-electron chi connectivity index (χ0n) is 11.8. The Morgan fingerprint density at radius 1 is 1.32 bits per heavy atom. The molecule has 1 fully saturated rings. The Balaban J connectivity index is 2.13. The SMILES string of the molecule is COc1cccc(F)c1C(C)NC1CCCC1OC. The van der Waals surface area contributed by atoms with Gasteiger partial charge in [0.2, 0.25) is 0 Å². The van der Waals surface area contributed by atoms with Crippen molar-refractivity contribution < 1.29 is 13.9 Å². The van der Waals surface area contributed by atoms with Gasteiger partial charge in [0.15, 0.2) is 0 Å². The standard InChI is InChI=1S/C15H22FNO2/c1-10(17-12-7-5-8-13(12)18-2)15-11(16)6-4-9-14(15)19-3/h4,6,9-10,12-13,17H,5,7-8H2,1-3H3. The van der Waals surface area contributed by atoms with E-state index < -0.39 is 0 Å². The molecule has 4 heteroatoms. The zero-order valence-corrected chi connectivity index (χ0v) is 11.8. The van der Waals surface area contributed by atoms with Gasteiger partial charge in [-0.3, -0.25) is 0 Å². The van der Waals surface area contributed by atoms with Gasteiger partial charge in [-0.1, -0.05) is 6.07 Å². The van der Waals surface area contributed by atoms with Crippen molar-refractivity contribution in [1.29, 1.82) is 0 Å². The summed E-state index contributed by atoms with van der Waals surface area (Å²) >= 11 is 0. The lowest BCUT2D eigenvalue weighted by Gasteiger charge is -2.25. The number of methoxy groups -OCH3 is 2. The highest BCUT2D eigenvalue weighted by Gasteiger charge is 2.29. The monoisotopic (exact) mass is 267 g/mol. The lowest BCUT2D eigenvalue weighted by atomic mass is 10.0. The van der Waals surface area contributed by atoms with Gasteiger partial charge in [-0.2, -0.15) is 0 Å². The van der Waals surface area contributed by atoms with Crippen LogP contribution in [-0.4, -0.2) is 26.4 Å². The number of hydrogen-bond donors (Lipinski definition) is 1. The fourth-order valence-corrected chi connectivity index (χ4v) is 2.92. The van der Waals surface area contributed by atoms with Crippen molar-refractivity contribution in [2.45, 2.75) is 44.4 Å². The summed E-state index contributed by atoms with van der Waals surface area (Å²) in [6.07, 6.45) is 3.51. The average molecular weight is 267 g/mol. The molecule has 1 aromatic rings. The van der Waals surface area contributed by atoms with Crippen molar-refractivity contribution >= 4 is 0 Å². The van der Waals surface area contributed by atoms with Gasteiger partial charge in [-0.25, -0.2) is 4.39 Å². The number of rotatable bonds is 5. The molecular weight excluding hydrogens is 245 g/mol.